The molecule has 0 spiro atoms. The minimum Gasteiger partial charge on any atom is -0.381 e. The van der Waals surface area contributed by atoms with Gasteiger partial charge in [0, 0.05) is 17.5 Å². The number of benzene rings is 1. The van der Waals surface area contributed by atoms with E-state index in [1.807, 2.05) is 0 Å². The SMILES string of the molecule is Cc1cccc(NC2CCCSC2)c1. The maximum atomic E-state index is 3.60. The van der Waals surface area contributed by atoms with Crippen LogP contribution in [0, 0.1) is 6.92 Å². The minimum absolute atomic E-state index is 0.676. The molecular weight excluding hydrogens is 190 g/mol. The molecule has 1 fully saturated rings. The Morgan fingerprint density at radius 3 is 3.07 bits per heavy atom. The molecule has 0 aromatic heterocycles. The first-order valence-electron chi connectivity index (χ1n) is 5.25. The van der Waals surface area contributed by atoms with Crippen LogP contribution in [0.1, 0.15) is 18.4 Å². The van der Waals surface area contributed by atoms with E-state index in [-0.39, 0.29) is 0 Å². The number of hydrogen-bond acceptors (Lipinski definition) is 2. The first-order valence-corrected chi connectivity index (χ1v) is 6.41. The monoisotopic (exact) mass is 207 g/mol. The van der Waals surface area contributed by atoms with Gasteiger partial charge in [0.25, 0.3) is 0 Å². The van der Waals surface area contributed by atoms with Crippen LogP contribution in [0.4, 0.5) is 5.69 Å². The summed E-state index contributed by atoms with van der Waals surface area (Å²) in [4.78, 5) is 0. The van der Waals surface area contributed by atoms with Crippen molar-refractivity contribution >= 4 is 17.4 Å². The lowest BCUT2D eigenvalue weighted by Gasteiger charge is -2.23. The molecule has 2 heteroatoms. The molecule has 0 saturated carbocycles. The van der Waals surface area contributed by atoms with Crippen LogP contribution < -0.4 is 5.32 Å². The van der Waals surface area contributed by atoms with Crippen LogP contribution in [0.3, 0.4) is 0 Å². The van der Waals surface area contributed by atoms with E-state index < -0.39 is 0 Å². The summed E-state index contributed by atoms with van der Waals surface area (Å²) in [6, 6.07) is 9.32. The van der Waals surface area contributed by atoms with E-state index in [0.29, 0.717) is 6.04 Å². The summed E-state index contributed by atoms with van der Waals surface area (Å²) < 4.78 is 0. The van der Waals surface area contributed by atoms with Crippen LogP contribution in [0.5, 0.6) is 0 Å². The van der Waals surface area contributed by atoms with Crippen molar-refractivity contribution in [3.63, 3.8) is 0 Å². The molecule has 1 aliphatic heterocycles. The van der Waals surface area contributed by atoms with Crippen LogP contribution in [0.2, 0.25) is 0 Å². The van der Waals surface area contributed by atoms with E-state index in [4.69, 9.17) is 0 Å². The van der Waals surface area contributed by atoms with Crippen molar-refractivity contribution in [3.05, 3.63) is 29.8 Å². The van der Waals surface area contributed by atoms with E-state index in [9.17, 15) is 0 Å². The molecule has 1 unspecified atom stereocenters. The fourth-order valence-electron chi connectivity index (χ4n) is 1.83. The smallest absolute Gasteiger partial charge is 0.0352 e. The quantitative estimate of drug-likeness (QED) is 0.798. The summed E-state index contributed by atoms with van der Waals surface area (Å²) in [6.45, 7) is 2.14. The van der Waals surface area contributed by atoms with E-state index in [1.54, 1.807) is 0 Å². The van der Waals surface area contributed by atoms with Crippen molar-refractivity contribution in [2.75, 3.05) is 16.8 Å². The molecule has 0 amide bonds. The van der Waals surface area contributed by atoms with E-state index in [0.717, 1.165) is 0 Å². The second-order valence-corrected chi connectivity index (χ2v) is 5.08. The lowest BCUT2D eigenvalue weighted by atomic mass is 10.1. The molecule has 0 bridgehead atoms. The van der Waals surface area contributed by atoms with Crippen molar-refractivity contribution in [2.45, 2.75) is 25.8 Å². The standard InChI is InChI=1S/C12H17NS/c1-10-4-2-5-11(8-10)13-12-6-3-7-14-9-12/h2,4-5,8,12-13H,3,6-7,9H2,1H3. The second-order valence-electron chi connectivity index (χ2n) is 3.93. The van der Waals surface area contributed by atoms with Crippen LogP contribution in [0.15, 0.2) is 24.3 Å². The van der Waals surface area contributed by atoms with Crippen LogP contribution in [-0.4, -0.2) is 17.5 Å². The maximum Gasteiger partial charge on any atom is 0.0352 e. The van der Waals surface area contributed by atoms with E-state index >= 15 is 0 Å². The summed E-state index contributed by atoms with van der Waals surface area (Å²) in [6.07, 6.45) is 2.68. The normalized spacial score (nSPS) is 21.9. The predicted octanol–water partition coefficient (Wildman–Crippen LogP) is 3.30. The highest BCUT2D eigenvalue weighted by Gasteiger charge is 2.12. The number of thioether (sulfide) groups is 1. The van der Waals surface area contributed by atoms with E-state index in [2.05, 4.69) is 48.3 Å². The van der Waals surface area contributed by atoms with E-state index in [1.165, 1.54) is 35.6 Å². The van der Waals surface area contributed by atoms with Crippen molar-refractivity contribution in [2.24, 2.45) is 0 Å². The molecular formula is C12H17NS. The summed E-state index contributed by atoms with van der Waals surface area (Å²) in [5, 5.41) is 3.60. The molecule has 1 saturated heterocycles. The van der Waals surface area contributed by atoms with Gasteiger partial charge in [-0.25, -0.2) is 0 Å². The summed E-state index contributed by atoms with van der Waals surface area (Å²) in [7, 11) is 0. The third kappa shape index (κ3) is 2.68. The fraction of sp³-hybridized carbons (Fsp3) is 0.500. The minimum atomic E-state index is 0.676. The Bertz CT molecular complexity index is 292. The Labute approximate surface area is 90.3 Å². The Kier molecular flexibility index (Phi) is 3.35. The van der Waals surface area contributed by atoms with Gasteiger partial charge in [0.1, 0.15) is 0 Å². The molecule has 0 aliphatic carbocycles. The van der Waals surface area contributed by atoms with Gasteiger partial charge in [-0.05, 0) is 43.2 Å². The molecule has 0 radical (unpaired) electrons. The van der Waals surface area contributed by atoms with Gasteiger partial charge in [-0.15, -0.1) is 0 Å². The fourth-order valence-corrected chi connectivity index (χ4v) is 2.90. The molecule has 1 atom stereocenters. The average molecular weight is 207 g/mol. The molecule has 2 rings (SSSR count). The Morgan fingerprint density at radius 2 is 2.36 bits per heavy atom. The molecule has 1 nitrogen and oxygen atoms in total. The van der Waals surface area contributed by atoms with Gasteiger partial charge in [-0.2, -0.15) is 11.8 Å². The Morgan fingerprint density at radius 1 is 1.43 bits per heavy atom. The average Bonchev–Trinajstić information content (AvgIpc) is 2.19. The number of nitrogens with one attached hydrogen (secondary N) is 1. The molecule has 1 aromatic rings. The van der Waals surface area contributed by atoms with Gasteiger partial charge in [0.2, 0.25) is 0 Å². The number of hydrogen-bond donors (Lipinski definition) is 1. The second kappa shape index (κ2) is 4.74. The molecule has 1 heterocycles. The van der Waals surface area contributed by atoms with Crippen molar-refractivity contribution < 1.29 is 0 Å². The zero-order valence-corrected chi connectivity index (χ0v) is 9.44. The zero-order chi connectivity index (χ0) is 9.80. The van der Waals surface area contributed by atoms with Gasteiger partial charge in [0.15, 0.2) is 0 Å². The Hall–Kier alpha value is -0.630. The summed E-state index contributed by atoms with van der Waals surface area (Å²) in [5.41, 5.74) is 2.61. The topological polar surface area (TPSA) is 12.0 Å². The largest absolute Gasteiger partial charge is 0.381 e. The summed E-state index contributed by atoms with van der Waals surface area (Å²) in [5.74, 6) is 2.60. The lowest BCUT2D eigenvalue weighted by molar-refractivity contribution is 0.685. The number of rotatable bonds is 2. The number of aryl methyl sites for hydroxylation is 1. The maximum absolute atomic E-state index is 3.60. The summed E-state index contributed by atoms with van der Waals surface area (Å²) >= 11 is 2.06. The van der Waals surface area contributed by atoms with Gasteiger partial charge in [0.05, 0.1) is 0 Å². The van der Waals surface area contributed by atoms with Crippen LogP contribution in [0.25, 0.3) is 0 Å². The first-order chi connectivity index (χ1) is 6.84. The van der Waals surface area contributed by atoms with Crippen LogP contribution in [-0.2, 0) is 0 Å². The Balaban J connectivity index is 1.95. The molecule has 14 heavy (non-hydrogen) atoms. The van der Waals surface area contributed by atoms with Gasteiger partial charge < -0.3 is 5.32 Å². The first kappa shape index (κ1) is 9.91. The third-order valence-corrected chi connectivity index (χ3v) is 3.76. The third-order valence-electron chi connectivity index (χ3n) is 2.55. The lowest BCUT2D eigenvalue weighted by Crippen LogP contribution is -2.25. The molecule has 76 valence electrons. The van der Waals surface area contributed by atoms with Crippen molar-refractivity contribution in [1.29, 1.82) is 0 Å². The van der Waals surface area contributed by atoms with Crippen LogP contribution >= 0.6 is 11.8 Å². The highest BCUT2D eigenvalue weighted by Crippen LogP contribution is 2.21. The molecule has 1 N–H and O–H groups in total. The van der Waals surface area contributed by atoms with Gasteiger partial charge in [-0.1, -0.05) is 12.1 Å². The molecule has 1 aliphatic rings. The zero-order valence-electron chi connectivity index (χ0n) is 8.62. The molecule has 1 aromatic carbocycles. The van der Waals surface area contributed by atoms with Gasteiger partial charge in [-0.3, -0.25) is 0 Å². The van der Waals surface area contributed by atoms with Gasteiger partial charge >= 0.3 is 0 Å². The van der Waals surface area contributed by atoms with Crippen molar-refractivity contribution in [1.82, 2.24) is 0 Å². The predicted molar refractivity (Wildman–Crippen MR) is 65.1 cm³/mol. The number of anilines is 1. The highest BCUT2D eigenvalue weighted by atomic mass is 32.2. The highest BCUT2D eigenvalue weighted by molar-refractivity contribution is 7.99. The van der Waals surface area contributed by atoms with Crippen molar-refractivity contribution in [3.8, 4) is 0 Å².